The highest BCUT2D eigenvalue weighted by Gasteiger charge is 2.34. The monoisotopic (exact) mass is 212 g/mol. The number of carbonyl (C=O) groups excluding carboxylic acids is 1. The molecule has 0 spiro atoms. The van der Waals surface area contributed by atoms with E-state index < -0.39 is 10.3 Å². The Balaban J connectivity index is 3.90. The van der Waals surface area contributed by atoms with Gasteiger partial charge >= 0.3 is 5.97 Å². The number of carbonyl (C=O) groups is 1. The van der Waals surface area contributed by atoms with Gasteiger partial charge in [-0.15, -0.1) is 0 Å². The van der Waals surface area contributed by atoms with Gasteiger partial charge in [0.05, 0.1) is 6.61 Å². The highest BCUT2D eigenvalue weighted by molar-refractivity contribution is 6.57. The Morgan fingerprint density at radius 2 is 2.00 bits per heavy atom. The van der Waals surface area contributed by atoms with Gasteiger partial charge in [-0.05, 0) is 13.3 Å². The van der Waals surface area contributed by atoms with Gasteiger partial charge in [-0.3, -0.25) is 0 Å². The number of hydrogen-bond donors (Lipinski definition) is 0. The number of unbranched alkanes of at least 4 members (excludes halogenated alkanes) is 1. The molecule has 0 saturated carbocycles. The van der Waals surface area contributed by atoms with E-state index in [1.54, 1.807) is 6.92 Å². The van der Waals surface area contributed by atoms with Crippen LogP contribution in [0.3, 0.4) is 0 Å². The lowest BCUT2D eigenvalue weighted by Crippen LogP contribution is -2.28. The number of hydrogen-bond acceptors (Lipinski definition) is 2. The summed E-state index contributed by atoms with van der Waals surface area (Å²) in [6.07, 6.45) is 2.23. The third kappa shape index (κ3) is 4.17. The molecule has 0 amide bonds. The van der Waals surface area contributed by atoms with Gasteiger partial charge < -0.3 is 4.74 Å². The molecular formula is C8H14Cl2O2. The van der Waals surface area contributed by atoms with Crippen molar-refractivity contribution in [1.82, 2.24) is 0 Å². The van der Waals surface area contributed by atoms with Crippen LogP contribution in [-0.4, -0.2) is 16.9 Å². The maximum atomic E-state index is 11.1. The lowest BCUT2D eigenvalue weighted by atomic mass is 10.2. The van der Waals surface area contributed by atoms with E-state index >= 15 is 0 Å². The first-order chi connectivity index (χ1) is 5.54. The minimum Gasteiger partial charge on any atom is -0.464 e. The fraction of sp³-hybridized carbons (Fsp3) is 0.875. The predicted octanol–water partition coefficient (Wildman–Crippen LogP) is 2.91. The molecule has 0 saturated heterocycles. The maximum Gasteiger partial charge on any atom is 0.342 e. The molecular weight excluding hydrogens is 199 g/mol. The topological polar surface area (TPSA) is 26.3 Å². The quantitative estimate of drug-likeness (QED) is 0.518. The molecule has 0 unspecified atom stereocenters. The minimum absolute atomic E-state index is 0.312. The van der Waals surface area contributed by atoms with Gasteiger partial charge in [0.15, 0.2) is 0 Å². The largest absolute Gasteiger partial charge is 0.464 e. The van der Waals surface area contributed by atoms with Gasteiger partial charge in [0.25, 0.3) is 0 Å². The first-order valence-electron chi connectivity index (χ1n) is 4.09. The van der Waals surface area contributed by atoms with Gasteiger partial charge in [-0.25, -0.2) is 4.79 Å². The van der Waals surface area contributed by atoms with Crippen LogP contribution in [0, 0.1) is 0 Å². The molecule has 0 atom stereocenters. The van der Waals surface area contributed by atoms with Crippen molar-refractivity contribution in [2.24, 2.45) is 0 Å². The zero-order valence-corrected chi connectivity index (χ0v) is 8.91. The average molecular weight is 213 g/mol. The fourth-order valence-corrected chi connectivity index (χ4v) is 1.11. The SMILES string of the molecule is CCCCC(Cl)(Cl)C(=O)OCC. The molecule has 2 nitrogen and oxygen atoms in total. The van der Waals surface area contributed by atoms with Crippen LogP contribution in [0.1, 0.15) is 33.1 Å². The summed E-state index contributed by atoms with van der Waals surface area (Å²) in [6.45, 7) is 4.04. The summed E-state index contributed by atoms with van der Waals surface area (Å²) in [5.41, 5.74) is 0. The molecule has 0 heterocycles. The molecule has 0 rings (SSSR count). The Morgan fingerprint density at radius 3 is 2.42 bits per heavy atom. The highest BCUT2D eigenvalue weighted by atomic mass is 35.5. The predicted molar refractivity (Wildman–Crippen MR) is 50.6 cm³/mol. The van der Waals surface area contributed by atoms with Crippen LogP contribution in [0.4, 0.5) is 0 Å². The van der Waals surface area contributed by atoms with Crippen molar-refractivity contribution in [3.05, 3.63) is 0 Å². The van der Waals surface area contributed by atoms with E-state index in [-0.39, 0.29) is 0 Å². The second-order valence-electron chi connectivity index (χ2n) is 2.53. The average Bonchev–Trinajstić information content (AvgIpc) is 2.01. The normalized spacial score (nSPS) is 11.3. The minimum atomic E-state index is -1.36. The van der Waals surface area contributed by atoms with Gasteiger partial charge in [-0.1, -0.05) is 43.0 Å². The van der Waals surface area contributed by atoms with Crippen molar-refractivity contribution in [1.29, 1.82) is 0 Å². The van der Waals surface area contributed by atoms with E-state index in [1.807, 2.05) is 6.92 Å². The second kappa shape index (κ2) is 5.65. The van der Waals surface area contributed by atoms with Crippen LogP contribution in [0.15, 0.2) is 0 Å². The van der Waals surface area contributed by atoms with Crippen LogP contribution in [0.2, 0.25) is 0 Å². The summed E-state index contributed by atoms with van der Waals surface area (Å²) < 4.78 is 3.35. The Hall–Kier alpha value is 0.0500. The van der Waals surface area contributed by atoms with Gasteiger partial charge in [0.1, 0.15) is 0 Å². The summed E-state index contributed by atoms with van der Waals surface area (Å²) in [4.78, 5) is 11.1. The van der Waals surface area contributed by atoms with E-state index in [2.05, 4.69) is 0 Å². The van der Waals surface area contributed by atoms with Crippen molar-refractivity contribution in [3.63, 3.8) is 0 Å². The van der Waals surface area contributed by atoms with Crippen molar-refractivity contribution in [3.8, 4) is 0 Å². The number of ether oxygens (including phenoxy) is 1. The zero-order valence-electron chi connectivity index (χ0n) is 7.40. The lowest BCUT2D eigenvalue weighted by molar-refractivity contribution is -0.144. The first kappa shape index (κ1) is 12.0. The molecule has 0 bridgehead atoms. The molecule has 0 aromatic rings. The molecule has 0 aliphatic rings. The van der Waals surface area contributed by atoms with Gasteiger partial charge in [-0.2, -0.15) is 0 Å². The van der Waals surface area contributed by atoms with E-state index in [9.17, 15) is 4.79 Å². The Morgan fingerprint density at radius 1 is 1.42 bits per heavy atom. The maximum absolute atomic E-state index is 11.1. The number of rotatable bonds is 5. The molecule has 0 aromatic carbocycles. The van der Waals surface area contributed by atoms with Crippen LogP contribution >= 0.6 is 23.2 Å². The number of esters is 1. The standard InChI is InChI=1S/C8H14Cl2O2/c1-3-5-6-8(9,10)7(11)12-4-2/h3-6H2,1-2H3. The molecule has 4 heteroatoms. The fourth-order valence-electron chi connectivity index (χ4n) is 0.738. The second-order valence-corrected chi connectivity index (χ2v) is 4.01. The summed E-state index contributed by atoms with van der Waals surface area (Å²) in [7, 11) is 0. The van der Waals surface area contributed by atoms with Crippen molar-refractivity contribution in [2.45, 2.75) is 37.4 Å². The molecule has 0 radical (unpaired) electrons. The van der Waals surface area contributed by atoms with Crippen LogP contribution in [-0.2, 0) is 9.53 Å². The Labute approximate surface area is 83.2 Å². The van der Waals surface area contributed by atoms with E-state index in [0.717, 1.165) is 12.8 Å². The molecule has 0 fully saturated rings. The Bertz CT molecular complexity index is 146. The van der Waals surface area contributed by atoms with Crippen LogP contribution in [0.25, 0.3) is 0 Å². The van der Waals surface area contributed by atoms with E-state index in [1.165, 1.54) is 0 Å². The number of halogens is 2. The summed E-state index contributed by atoms with van der Waals surface area (Å²) in [5, 5.41) is 0. The molecule has 0 aliphatic heterocycles. The summed E-state index contributed by atoms with van der Waals surface area (Å²) >= 11 is 11.5. The molecule has 0 aromatic heterocycles. The van der Waals surface area contributed by atoms with Crippen LogP contribution in [0.5, 0.6) is 0 Å². The summed E-state index contributed by atoms with van der Waals surface area (Å²) in [5.74, 6) is -0.540. The van der Waals surface area contributed by atoms with E-state index in [4.69, 9.17) is 27.9 Å². The van der Waals surface area contributed by atoms with Crippen molar-refractivity contribution in [2.75, 3.05) is 6.61 Å². The molecule has 12 heavy (non-hydrogen) atoms. The third-order valence-corrected chi connectivity index (χ3v) is 2.10. The smallest absolute Gasteiger partial charge is 0.342 e. The van der Waals surface area contributed by atoms with Crippen molar-refractivity contribution >= 4 is 29.2 Å². The number of alkyl halides is 2. The highest BCUT2D eigenvalue weighted by Crippen LogP contribution is 2.28. The van der Waals surface area contributed by atoms with Crippen molar-refractivity contribution < 1.29 is 9.53 Å². The molecule has 72 valence electrons. The first-order valence-corrected chi connectivity index (χ1v) is 4.85. The molecule has 0 N–H and O–H groups in total. The summed E-state index contributed by atoms with van der Waals surface area (Å²) in [6, 6.07) is 0. The third-order valence-electron chi connectivity index (χ3n) is 1.42. The van der Waals surface area contributed by atoms with E-state index in [0.29, 0.717) is 13.0 Å². The van der Waals surface area contributed by atoms with Crippen LogP contribution < -0.4 is 0 Å². The lowest BCUT2D eigenvalue weighted by Gasteiger charge is -2.16. The van der Waals surface area contributed by atoms with Gasteiger partial charge in [0.2, 0.25) is 4.33 Å². The van der Waals surface area contributed by atoms with Gasteiger partial charge in [0, 0.05) is 0 Å². The molecule has 0 aliphatic carbocycles. The zero-order chi connectivity index (χ0) is 9.61. The Kier molecular flexibility index (Phi) is 5.68.